The number of hydrogen-bond donors (Lipinski definition) is 1. The first-order valence-corrected chi connectivity index (χ1v) is 9.59. The van der Waals surface area contributed by atoms with Crippen LogP contribution in [-0.4, -0.2) is 61.4 Å². The summed E-state index contributed by atoms with van der Waals surface area (Å²) in [5, 5.41) is 2.65. The molecule has 0 aromatic heterocycles. The van der Waals surface area contributed by atoms with Gasteiger partial charge in [-0.15, -0.1) is 0 Å². The van der Waals surface area contributed by atoms with Gasteiger partial charge in [-0.25, -0.2) is 8.42 Å². The minimum atomic E-state index is -3.21. The minimum Gasteiger partial charge on any atom is -0.336 e. The fraction of sp³-hybridized carbons (Fsp3) is 0.500. The van der Waals surface area contributed by atoms with Gasteiger partial charge in [-0.05, 0) is 30.7 Å². The average Bonchev–Trinajstić information content (AvgIpc) is 2.54. The molecule has 1 N–H and O–H groups in total. The molecule has 1 heterocycles. The lowest BCUT2D eigenvalue weighted by atomic mass is 10.1. The third-order valence-electron chi connectivity index (χ3n) is 3.83. The number of sulfonamides is 1. The number of carbonyl (C=O) groups is 2. The highest BCUT2D eigenvalue weighted by atomic mass is 32.2. The first-order chi connectivity index (χ1) is 11.3. The summed E-state index contributed by atoms with van der Waals surface area (Å²) >= 11 is 0. The van der Waals surface area contributed by atoms with Crippen molar-refractivity contribution in [3.05, 3.63) is 29.8 Å². The van der Waals surface area contributed by atoms with Gasteiger partial charge < -0.3 is 10.2 Å². The lowest BCUT2D eigenvalue weighted by Crippen LogP contribution is -2.51. The summed E-state index contributed by atoms with van der Waals surface area (Å²) in [5.74, 6) is -0.152. The van der Waals surface area contributed by atoms with Crippen LogP contribution in [0.3, 0.4) is 0 Å². The van der Waals surface area contributed by atoms with Gasteiger partial charge in [0.05, 0.1) is 5.75 Å². The number of anilines is 1. The number of amides is 2. The summed E-state index contributed by atoms with van der Waals surface area (Å²) in [7, 11) is -3.21. The second-order valence-electron chi connectivity index (χ2n) is 5.77. The van der Waals surface area contributed by atoms with Gasteiger partial charge in [-0.3, -0.25) is 9.59 Å². The monoisotopic (exact) mass is 353 g/mol. The van der Waals surface area contributed by atoms with Crippen LogP contribution < -0.4 is 5.32 Å². The molecular weight excluding hydrogens is 330 g/mol. The molecule has 2 rings (SSSR count). The summed E-state index contributed by atoms with van der Waals surface area (Å²) in [6, 6.07) is 6.68. The standard InChI is InChI=1S/C16H23N3O4S/c1-3-12-24(22,23)19-10-8-18(9-11-19)16(21)14-4-6-15(7-5-14)17-13(2)20/h4-7H,3,8-12H2,1-2H3,(H,17,20). The maximum Gasteiger partial charge on any atom is 0.253 e. The van der Waals surface area contributed by atoms with Crippen molar-refractivity contribution in [1.82, 2.24) is 9.21 Å². The Hall–Kier alpha value is -1.93. The Balaban J connectivity index is 1.96. The van der Waals surface area contributed by atoms with E-state index in [-0.39, 0.29) is 17.6 Å². The van der Waals surface area contributed by atoms with Crippen LogP contribution in [0.2, 0.25) is 0 Å². The number of piperazine rings is 1. The minimum absolute atomic E-state index is 0.128. The van der Waals surface area contributed by atoms with Gasteiger partial charge >= 0.3 is 0 Å². The van der Waals surface area contributed by atoms with Crippen molar-refractivity contribution in [3.8, 4) is 0 Å². The SMILES string of the molecule is CCCS(=O)(=O)N1CCN(C(=O)c2ccc(NC(C)=O)cc2)CC1. The van der Waals surface area contributed by atoms with E-state index < -0.39 is 10.0 Å². The van der Waals surface area contributed by atoms with E-state index in [1.54, 1.807) is 29.2 Å². The highest BCUT2D eigenvalue weighted by Crippen LogP contribution is 2.15. The van der Waals surface area contributed by atoms with Gasteiger partial charge in [0.25, 0.3) is 5.91 Å². The number of hydrogen-bond acceptors (Lipinski definition) is 4. The van der Waals surface area contributed by atoms with Crippen LogP contribution in [0.25, 0.3) is 0 Å². The fourth-order valence-corrected chi connectivity index (χ4v) is 4.13. The van der Waals surface area contributed by atoms with E-state index in [9.17, 15) is 18.0 Å². The van der Waals surface area contributed by atoms with Crippen molar-refractivity contribution < 1.29 is 18.0 Å². The number of nitrogens with zero attached hydrogens (tertiary/aromatic N) is 2. The van der Waals surface area contributed by atoms with Crippen molar-refractivity contribution >= 4 is 27.5 Å². The van der Waals surface area contributed by atoms with E-state index in [2.05, 4.69) is 5.32 Å². The van der Waals surface area contributed by atoms with E-state index >= 15 is 0 Å². The third-order valence-corrected chi connectivity index (χ3v) is 5.91. The summed E-state index contributed by atoms with van der Waals surface area (Å²) in [4.78, 5) is 25.1. The van der Waals surface area contributed by atoms with Crippen LogP contribution in [-0.2, 0) is 14.8 Å². The van der Waals surface area contributed by atoms with Crippen molar-refractivity contribution in [2.45, 2.75) is 20.3 Å². The topological polar surface area (TPSA) is 86.8 Å². The molecule has 1 aromatic rings. The predicted octanol–water partition coefficient (Wildman–Crippen LogP) is 1.14. The van der Waals surface area contributed by atoms with E-state index in [1.807, 2.05) is 6.92 Å². The maximum atomic E-state index is 12.5. The zero-order valence-electron chi connectivity index (χ0n) is 14.0. The van der Waals surface area contributed by atoms with Crippen LogP contribution >= 0.6 is 0 Å². The lowest BCUT2D eigenvalue weighted by Gasteiger charge is -2.34. The van der Waals surface area contributed by atoms with Crippen molar-refractivity contribution in [3.63, 3.8) is 0 Å². The number of benzene rings is 1. The molecule has 0 aliphatic carbocycles. The molecule has 8 heteroatoms. The van der Waals surface area contributed by atoms with Crippen LogP contribution in [0.5, 0.6) is 0 Å². The second kappa shape index (κ2) is 7.76. The number of rotatable bonds is 5. The van der Waals surface area contributed by atoms with Gasteiger partial charge in [-0.1, -0.05) is 6.92 Å². The zero-order valence-corrected chi connectivity index (χ0v) is 14.8. The first-order valence-electron chi connectivity index (χ1n) is 7.98. The molecule has 7 nitrogen and oxygen atoms in total. The van der Waals surface area contributed by atoms with Gasteiger partial charge in [0, 0.05) is 44.4 Å². The molecule has 1 aromatic carbocycles. The summed E-state index contributed by atoms with van der Waals surface area (Å²) < 4.78 is 25.5. The Labute approximate surface area is 142 Å². The molecule has 1 aliphatic rings. The Kier molecular flexibility index (Phi) is 5.95. The predicted molar refractivity (Wildman–Crippen MR) is 92.3 cm³/mol. The van der Waals surface area contributed by atoms with Crippen molar-refractivity contribution in [2.24, 2.45) is 0 Å². The molecule has 1 saturated heterocycles. The Morgan fingerprint density at radius 3 is 2.17 bits per heavy atom. The van der Waals surface area contributed by atoms with Gasteiger partial charge in [0.2, 0.25) is 15.9 Å². The van der Waals surface area contributed by atoms with Crippen LogP contribution in [0.4, 0.5) is 5.69 Å². The van der Waals surface area contributed by atoms with Gasteiger partial charge in [-0.2, -0.15) is 4.31 Å². The average molecular weight is 353 g/mol. The molecule has 24 heavy (non-hydrogen) atoms. The summed E-state index contributed by atoms with van der Waals surface area (Å²) in [6.07, 6.45) is 0.585. The maximum absolute atomic E-state index is 12.5. The van der Waals surface area contributed by atoms with Crippen LogP contribution in [0.1, 0.15) is 30.6 Å². The first kappa shape index (κ1) is 18.4. The molecule has 0 unspecified atom stereocenters. The Morgan fingerprint density at radius 2 is 1.67 bits per heavy atom. The molecule has 1 aliphatic heterocycles. The molecule has 2 amide bonds. The molecule has 0 radical (unpaired) electrons. The van der Waals surface area contributed by atoms with E-state index in [0.717, 1.165) is 0 Å². The Morgan fingerprint density at radius 1 is 1.08 bits per heavy atom. The van der Waals surface area contributed by atoms with Crippen LogP contribution in [0, 0.1) is 0 Å². The zero-order chi connectivity index (χ0) is 17.7. The van der Waals surface area contributed by atoms with E-state index in [4.69, 9.17) is 0 Å². The van der Waals surface area contributed by atoms with Gasteiger partial charge in [0.1, 0.15) is 0 Å². The number of carbonyl (C=O) groups excluding carboxylic acids is 2. The molecule has 0 spiro atoms. The van der Waals surface area contributed by atoms with Crippen molar-refractivity contribution in [1.29, 1.82) is 0 Å². The number of nitrogens with one attached hydrogen (secondary N) is 1. The molecule has 0 bridgehead atoms. The van der Waals surface area contributed by atoms with Crippen molar-refractivity contribution in [2.75, 3.05) is 37.2 Å². The lowest BCUT2D eigenvalue weighted by molar-refractivity contribution is -0.114. The van der Waals surface area contributed by atoms with E-state index in [0.29, 0.717) is 43.9 Å². The Bertz CT molecular complexity index is 693. The molecule has 1 fully saturated rings. The quantitative estimate of drug-likeness (QED) is 0.860. The highest BCUT2D eigenvalue weighted by molar-refractivity contribution is 7.89. The van der Waals surface area contributed by atoms with Crippen LogP contribution in [0.15, 0.2) is 24.3 Å². The largest absolute Gasteiger partial charge is 0.336 e. The normalized spacial score (nSPS) is 16.0. The molecule has 0 atom stereocenters. The van der Waals surface area contributed by atoms with E-state index in [1.165, 1.54) is 11.2 Å². The second-order valence-corrected chi connectivity index (χ2v) is 7.85. The molecular formula is C16H23N3O4S. The molecule has 0 saturated carbocycles. The molecule has 132 valence electrons. The fourth-order valence-electron chi connectivity index (χ4n) is 2.64. The van der Waals surface area contributed by atoms with Gasteiger partial charge in [0.15, 0.2) is 0 Å². The summed E-state index contributed by atoms with van der Waals surface area (Å²) in [6.45, 7) is 4.69. The smallest absolute Gasteiger partial charge is 0.253 e. The summed E-state index contributed by atoms with van der Waals surface area (Å²) in [5.41, 5.74) is 1.16. The highest BCUT2D eigenvalue weighted by Gasteiger charge is 2.28. The third kappa shape index (κ3) is 4.55.